The number of nitrogens with zero attached hydrogens (tertiary/aromatic N) is 4. The van der Waals surface area contributed by atoms with Crippen molar-refractivity contribution in [3.05, 3.63) is 62.3 Å². The third-order valence-corrected chi connectivity index (χ3v) is 5.07. The van der Waals surface area contributed by atoms with Gasteiger partial charge >= 0.3 is 0 Å². The molecule has 11 nitrogen and oxygen atoms in total. The molecule has 0 fully saturated rings. The maximum Gasteiger partial charge on any atom is 0.290 e. The molecule has 1 amide bonds. The summed E-state index contributed by atoms with van der Waals surface area (Å²) in [7, 11) is 6.00. The summed E-state index contributed by atoms with van der Waals surface area (Å²) in [5.74, 6) is -0.997. The highest BCUT2D eigenvalue weighted by atomic mass is 16.3. The second-order valence-corrected chi connectivity index (χ2v) is 7.56. The van der Waals surface area contributed by atoms with E-state index in [4.69, 9.17) is 0 Å². The molecule has 0 saturated heterocycles. The fourth-order valence-corrected chi connectivity index (χ4v) is 3.35. The molecule has 0 aliphatic rings. The predicted molar refractivity (Wildman–Crippen MR) is 122 cm³/mol. The molecule has 1 unspecified atom stereocenters. The van der Waals surface area contributed by atoms with Crippen LogP contribution in [0.3, 0.4) is 0 Å². The number of aryl methyl sites for hydroxylation is 2. The lowest BCUT2D eigenvalue weighted by atomic mass is 10.0. The number of carbonyl (C=O) groups excluding carboxylic acids is 1. The van der Waals surface area contributed by atoms with Gasteiger partial charge in [0.25, 0.3) is 17.0 Å². The monoisotopic (exact) mass is 441 g/mol. The minimum atomic E-state index is -0.541. The highest BCUT2D eigenvalue weighted by Gasteiger charge is 2.26. The zero-order chi connectivity index (χ0) is 23.6. The van der Waals surface area contributed by atoms with Gasteiger partial charge in [0, 0.05) is 28.2 Å². The molecule has 0 spiro atoms. The maximum atomic E-state index is 12.9. The van der Waals surface area contributed by atoms with Crippen LogP contribution < -0.4 is 21.8 Å². The Morgan fingerprint density at radius 1 is 1.19 bits per heavy atom. The van der Waals surface area contributed by atoms with Crippen LogP contribution in [0.25, 0.3) is 0 Å². The van der Waals surface area contributed by atoms with E-state index in [1.807, 2.05) is 37.3 Å². The Kier molecular flexibility index (Phi) is 6.37. The molecule has 170 valence electrons. The number of aromatic hydroxyl groups is 1. The second-order valence-electron chi connectivity index (χ2n) is 7.56. The molecule has 3 rings (SSSR count). The number of hydrogen-bond acceptors (Lipinski definition) is 7. The molecule has 4 N–H and O–H groups in total. The summed E-state index contributed by atoms with van der Waals surface area (Å²) in [6, 6.07) is 9.28. The zero-order valence-electron chi connectivity index (χ0n) is 18.6. The van der Waals surface area contributed by atoms with Crippen molar-refractivity contribution in [3.8, 4) is 5.75 Å². The van der Waals surface area contributed by atoms with E-state index in [1.54, 1.807) is 14.1 Å². The Morgan fingerprint density at radius 3 is 2.44 bits per heavy atom. The van der Waals surface area contributed by atoms with Crippen molar-refractivity contribution >= 4 is 23.1 Å². The van der Waals surface area contributed by atoms with Crippen LogP contribution in [0.2, 0.25) is 0 Å². The SMILES string of the molecule is CCC(Nc1c(Nc2nn(C)c(C(=O)N(C)C)c2O)c(=O)n(C)[nH]c1=O)c1ccccc1. The first-order chi connectivity index (χ1) is 15.1. The number of aromatic amines is 1. The molecule has 0 saturated carbocycles. The van der Waals surface area contributed by atoms with Crippen LogP contribution in [0.15, 0.2) is 39.9 Å². The van der Waals surface area contributed by atoms with Crippen LogP contribution >= 0.6 is 0 Å². The van der Waals surface area contributed by atoms with Gasteiger partial charge in [0.1, 0.15) is 11.4 Å². The van der Waals surface area contributed by atoms with E-state index in [-0.39, 0.29) is 28.9 Å². The fourth-order valence-electron chi connectivity index (χ4n) is 3.35. The predicted octanol–water partition coefficient (Wildman–Crippen LogP) is 1.52. The van der Waals surface area contributed by atoms with Gasteiger partial charge in [0.2, 0.25) is 0 Å². The van der Waals surface area contributed by atoms with Crippen molar-refractivity contribution < 1.29 is 9.90 Å². The van der Waals surface area contributed by atoms with Gasteiger partial charge in [-0.2, -0.15) is 5.10 Å². The third-order valence-electron chi connectivity index (χ3n) is 5.07. The molecule has 0 aliphatic carbocycles. The Hall–Kier alpha value is -4.02. The summed E-state index contributed by atoms with van der Waals surface area (Å²) < 4.78 is 2.24. The van der Waals surface area contributed by atoms with Crippen LogP contribution in [-0.2, 0) is 14.1 Å². The number of H-pyrrole nitrogens is 1. The molecule has 2 heterocycles. The Morgan fingerprint density at radius 2 is 1.84 bits per heavy atom. The van der Waals surface area contributed by atoms with Gasteiger partial charge in [0.05, 0.1) is 6.04 Å². The molecule has 0 radical (unpaired) electrons. The highest BCUT2D eigenvalue weighted by Crippen LogP contribution is 2.31. The molecule has 1 atom stereocenters. The first kappa shape index (κ1) is 22.7. The highest BCUT2D eigenvalue weighted by molar-refractivity contribution is 5.97. The van der Waals surface area contributed by atoms with Crippen molar-refractivity contribution in [1.29, 1.82) is 0 Å². The standard InChI is InChI=1S/C21H27N7O4/c1-6-13(12-10-8-7-9-11-12)22-14-15(20(31)28(5)25-19(14)30)23-18-17(29)16(27(4)24-18)21(32)26(2)3/h7-11,13,22,29H,6H2,1-5H3,(H,23,24)(H,25,30). The number of hydrogen-bond donors (Lipinski definition) is 4. The van der Waals surface area contributed by atoms with E-state index in [0.29, 0.717) is 6.42 Å². The van der Waals surface area contributed by atoms with Gasteiger partial charge in [0.15, 0.2) is 17.3 Å². The number of amides is 1. The van der Waals surface area contributed by atoms with Crippen molar-refractivity contribution in [3.63, 3.8) is 0 Å². The summed E-state index contributed by atoms with van der Waals surface area (Å²) in [4.78, 5) is 39.3. The molecular formula is C21H27N7O4. The van der Waals surface area contributed by atoms with E-state index in [1.165, 1.54) is 23.7 Å². The van der Waals surface area contributed by atoms with Crippen LogP contribution in [0, 0.1) is 0 Å². The van der Waals surface area contributed by atoms with E-state index < -0.39 is 22.8 Å². The number of carbonyl (C=O) groups is 1. The minimum Gasteiger partial charge on any atom is -0.503 e. The summed E-state index contributed by atoms with van der Waals surface area (Å²) in [6.45, 7) is 1.96. The zero-order valence-corrected chi connectivity index (χ0v) is 18.6. The lowest BCUT2D eigenvalue weighted by Gasteiger charge is -2.20. The quantitative estimate of drug-likeness (QED) is 0.436. The van der Waals surface area contributed by atoms with Gasteiger partial charge in [-0.25, -0.2) is 0 Å². The van der Waals surface area contributed by atoms with Crippen molar-refractivity contribution in [2.75, 3.05) is 24.7 Å². The third kappa shape index (κ3) is 4.22. The first-order valence-corrected chi connectivity index (χ1v) is 10.0. The fraction of sp³-hybridized carbons (Fsp3) is 0.333. The summed E-state index contributed by atoms with van der Waals surface area (Å²) in [5.41, 5.74) is -0.258. The Balaban J connectivity index is 2.08. The lowest BCUT2D eigenvalue weighted by Crippen LogP contribution is -2.32. The van der Waals surface area contributed by atoms with Gasteiger partial charge in [-0.15, -0.1) is 0 Å². The van der Waals surface area contributed by atoms with Crippen LogP contribution in [0.4, 0.5) is 17.2 Å². The molecular weight excluding hydrogens is 414 g/mol. The van der Waals surface area contributed by atoms with E-state index in [2.05, 4.69) is 20.8 Å². The maximum absolute atomic E-state index is 12.9. The second kappa shape index (κ2) is 9.00. The van der Waals surface area contributed by atoms with E-state index >= 15 is 0 Å². The average molecular weight is 441 g/mol. The number of nitrogens with one attached hydrogen (secondary N) is 3. The Labute approximate surface area is 184 Å². The van der Waals surface area contributed by atoms with Gasteiger partial charge in [-0.1, -0.05) is 37.3 Å². The summed E-state index contributed by atoms with van der Waals surface area (Å²) >= 11 is 0. The number of benzene rings is 1. The van der Waals surface area contributed by atoms with Crippen molar-refractivity contribution in [2.24, 2.45) is 14.1 Å². The van der Waals surface area contributed by atoms with E-state index in [0.717, 1.165) is 10.2 Å². The smallest absolute Gasteiger partial charge is 0.290 e. The molecule has 3 aromatic rings. The Bertz CT molecular complexity index is 1240. The number of aromatic nitrogens is 4. The number of anilines is 3. The van der Waals surface area contributed by atoms with Gasteiger partial charge in [-0.3, -0.25) is 28.8 Å². The van der Waals surface area contributed by atoms with E-state index in [9.17, 15) is 19.5 Å². The average Bonchev–Trinajstić information content (AvgIpc) is 3.04. The largest absolute Gasteiger partial charge is 0.503 e. The summed E-state index contributed by atoms with van der Waals surface area (Å²) in [5, 5.41) is 23.1. The van der Waals surface area contributed by atoms with Crippen molar-refractivity contribution in [1.82, 2.24) is 24.5 Å². The molecule has 0 aliphatic heterocycles. The normalized spacial score (nSPS) is 11.8. The lowest BCUT2D eigenvalue weighted by molar-refractivity contribution is 0.0814. The van der Waals surface area contributed by atoms with Crippen LogP contribution in [-0.4, -0.2) is 49.6 Å². The van der Waals surface area contributed by atoms with Gasteiger partial charge < -0.3 is 20.6 Å². The van der Waals surface area contributed by atoms with Crippen LogP contribution in [0.5, 0.6) is 5.75 Å². The van der Waals surface area contributed by atoms with Crippen LogP contribution in [0.1, 0.15) is 35.4 Å². The first-order valence-electron chi connectivity index (χ1n) is 10.0. The molecule has 1 aromatic carbocycles. The number of rotatable bonds is 7. The molecule has 11 heteroatoms. The summed E-state index contributed by atoms with van der Waals surface area (Å²) in [6.07, 6.45) is 0.647. The van der Waals surface area contributed by atoms with Crippen molar-refractivity contribution in [2.45, 2.75) is 19.4 Å². The van der Waals surface area contributed by atoms with Gasteiger partial charge in [-0.05, 0) is 12.0 Å². The molecule has 32 heavy (non-hydrogen) atoms. The molecule has 0 bridgehead atoms. The molecule has 2 aromatic heterocycles. The minimum absolute atomic E-state index is 0.00865. The topological polar surface area (TPSA) is 137 Å².